The Morgan fingerprint density at radius 2 is 2.10 bits per heavy atom. The zero-order valence-corrected chi connectivity index (χ0v) is 12.7. The first-order valence-corrected chi connectivity index (χ1v) is 7.06. The molecule has 0 unspecified atom stereocenters. The number of aromatic nitrogens is 2. The Hall–Kier alpha value is -2.30. The zero-order valence-electron chi connectivity index (χ0n) is 12.7. The highest BCUT2D eigenvalue weighted by Gasteiger charge is 2.07. The van der Waals surface area contributed by atoms with Gasteiger partial charge in [-0.25, -0.2) is 4.98 Å². The lowest BCUT2D eigenvalue weighted by Crippen LogP contribution is -2.26. The Balaban J connectivity index is 2.04. The highest BCUT2D eigenvalue weighted by molar-refractivity contribution is 5.35. The van der Waals surface area contributed by atoms with Crippen molar-refractivity contribution >= 4 is 5.82 Å². The van der Waals surface area contributed by atoms with Crippen molar-refractivity contribution in [1.29, 1.82) is 0 Å². The monoisotopic (exact) mass is 287 g/mol. The van der Waals surface area contributed by atoms with Crippen LogP contribution in [0.3, 0.4) is 0 Å². The maximum atomic E-state index is 12.2. The van der Waals surface area contributed by atoms with Crippen molar-refractivity contribution in [2.24, 2.45) is 0 Å². The molecule has 0 atom stereocenters. The molecule has 1 heterocycles. The average molecular weight is 287 g/mol. The van der Waals surface area contributed by atoms with Crippen LogP contribution in [0.1, 0.15) is 25.5 Å². The van der Waals surface area contributed by atoms with Gasteiger partial charge >= 0.3 is 0 Å². The molecular weight excluding hydrogens is 266 g/mol. The van der Waals surface area contributed by atoms with E-state index in [4.69, 9.17) is 4.74 Å². The third-order valence-electron chi connectivity index (χ3n) is 3.30. The van der Waals surface area contributed by atoms with Gasteiger partial charge in [0.05, 0.1) is 7.11 Å². The minimum atomic E-state index is -0.0903. The number of hydrogen-bond donors (Lipinski definition) is 1. The van der Waals surface area contributed by atoms with Gasteiger partial charge in [0.2, 0.25) is 0 Å². The van der Waals surface area contributed by atoms with Crippen LogP contribution in [0.15, 0.2) is 41.5 Å². The lowest BCUT2D eigenvalue weighted by molar-refractivity contribution is 0.410. The van der Waals surface area contributed by atoms with E-state index in [1.54, 1.807) is 24.1 Å². The van der Waals surface area contributed by atoms with Crippen LogP contribution in [0.5, 0.6) is 5.75 Å². The number of benzene rings is 1. The number of hydrogen-bond acceptors (Lipinski definition) is 4. The van der Waals surface area contributed by atoms with Crippen molar-refractivity contribution in [2.75, 3.05) is 19.0 Å². The van der Waals surface area contributed by atoms with Crippen LogP contribution in [0.2, 0.25) is 0 Å². The van der Waals surface area contributed by atoms with E-state index in [1.165, 1.54) is 0 Å². The summed E-state index contributed by atoms with van der Waals surface area (Å²) in [6.45, 7) is 4.57. The average Bonchev–Trinajstić information content (AvgIpc) is 2.49. The van der Waals surface area contributed by atoms with Gasteiger partial charge in [0.25, 0.3) is 5.56 Å². The molecule has 5 heteroatoms. The van der Waals surface area contributed by atoms with Gasteiger partial charge in [-0.15, -0.1) is 0 Å². The quantitative estimate of drug-likeness (QED) is 0.887. The highest BCUT2D eigenvalue weighted by atomic mass is 16.5. The van der Waals surface area contributed by atoms with Gasteiger partial charge in [0.15, 0.2) is 5.82 Å². The van der Waals surface area contributed by atoms with Gasteiger partial charge in [-0.05, 0) is 31.9 Å². The molecule has 1 aromatic carbocycles. The molecule has 2 aromatic rings. The molecule has 1 aromatic heterocycles. The first-order valence-electron chi connectivity index (χ1n) is 7.06. The number of nitrogens with zero attached hydrogens (tertiary/aromatic N) is 2. The Bertz CT molecular complexity index is 650. The number of nitrogens with one attached hydrogen (secondary N) is 1. The molecule has 0 spiro atoms. The lowest BCUT2D eigenvalue weighted by Gasteiger charge is -2.12. The molecule has 0 aliphatic heterocycles. The van der Waals surface area contributed by atoms with Gasteiger partial charge in [-0.3, -0.25) is 4.79 Å². The summed E-state index contributed by atoms with van der Waals surface area (Å²) in [7, 11) is 1.66. The molecule has 112 valence electrons. The maximum absolute atomic E-state index is 12.2. The lowest BCUT2D eigenvalue weighted by atomic mass is 10.1. The van der Waals surface area contributed by atoms with Crippen molar-refractivity contribution in [1.82, 2.24) is 9.55 Å². The van der Waals surface area contributed by atoms with Gasteiger partial charge in [-0.2, -0.15) is 0 Å². The van der Waals surface area contributed by atoms with Crippen LogP contribution in [-0.4, -0.2) is 23.2 Å². The van der Waals surface area contributed by atoms with E-state index in [1.807, 2.05) is 38.1 Å². The molecule has 0 saturated carbocycles. The van der Waals surface area contributed by atoms with Crippen molar-refractivity contribution in [3.8, 4) is 5.75 Å². The smallest absolute Gasteiger partial charge is 0.293 e. The van der Waals surface area contributed by atoms with Gasteiger partial charge in [0, 0.05) is 25.0 Å². The second-order valence-electron chi connectivity index (χ2n) is 5.07. The summed E-state index contributed by atoms with van der Waals surface area (Å²) in [4.78, 5) is 16.3. The highest BCUT2D eigenvalue weighted by Crippen LogP contribution is 2.17. The topological polar surface area (TPSA) is 56.1 Å². The van der Waals surface area contributed by atoms with Crippen LogP contribution >= 0.6 is 0 Å². The van der Waals surface area contributed by atoms with E-state index in [9.17, 15) is 4.79 Å². The summed E-state index contributed by atoms with van der Waals surface area (Å²) in [6.07, 6.45) is 4.12. The van der Waals surface area contributed by atoms with Crippen molar-refractivity contribution in [2.45, 2.75) is 26.3 Å². The molecule has 0 radical (unpaired) electrons. The number of para-hydroxylation sites is 1. The van der Waals surface area contributed by atoms with Crippen LogP contribution in [0.25, 0.3) is 0 Å². The zero-order chi connectivity index (χ0) is 15.2. The first-order chi connectivity index (χ1) is 10.1. The molecule has 0 amide bonds. The molecule has 2 rings (SSSR count). The molecule has 21 heavy (non-hydrogen) atoms. The minimum absolute atomic E-state index is 0.0903. The Morgan fingerprint density at radius 3 is 2.81 bits per heavy atom. The molecule has 0 bridgehead atoms. The van der Waals surface area contributed by atoms with E-state index >= 15 is 0 Å². The fourth-order valence-corrected chi connectivity index (χ4v) is 2.18. The molecule has 5 nitrogen and oxygen atoms in total. The van der Waals surface area contributed by atoms with E-state index in [0.29, 0.717) is 12.4 Å². The third-order valence-corrected chi connectivity index (χ3v) is 3.30. The number of methoxy groups -OCH3 is 1. The second kappa shape index (κ2) is 6.92. The summed E-state index contributed by atoms with van der Waals surface area (Å²) in [5, 5.41) is 3.11. The molecule has 0 saturated heterocycles. The Morgan fingerprint density at radius 1 is 1.33 bits per heavy atom. The number of anilines is 1. The van der Waals surface area contributed by atoms with Crippen LogP contribution < -0.4 is 15.6 Å². The normalized spacial score (nSPS) is 10.7. The second-order valence-corrected chi connectivity index (χ2v) is 5.07. The minimum Gasteiger partial charge on any atom is -0.496 e. The number of ether oxygens (including phenoxy) is 1. The predicted octanol–water partition coefficient (Wildman–Crippen LogP) is 2.49. The third kappa shape index (κ3) is 3.62. The molecule has 0 aliphatic rings. The maximum Gasteiger partial charge on any atom is 0.293 e. The Labute approximate surface area is 124 Å². The molecule has 1 N–H and O–H groups in total. The standard InChI is InChI=1S/C16H21N3O2/c1-12(2)19-11-10-18-15(16(19)20)17-9-8-13-6-4-5-7-14(13)21-3/h4-7,10-12H,8-9H2,1-3H3,(H,17,18). The van der Waals surface area contributed by atoms with E-state index in [0.717, 1.165) is 17.7 Å². The number of rotatable bonds is 6. The van der Waals surface area contributed by atoms with Crippen molar-refractivity contribution in [3.05, 3.63) is 52.6 Å². The summed E-state index contributed by atoms with van der Waals surface area (Å²) in [6, 6.07) is 7.99. The molecule has 0 fully saturated rings. The summed E-state index contributed by atoms with van der Waals surface area (Å²) in [5.41, 5.74) is 1.01. The van der Waals surface area contributed by atoms with Crippen LogP contribution in [0, 0.1) is 0 Å². The summed E-state index contributed by atoms with van der Waals surface area (Å²) in [5.74, 6) is 1.25. The van der Waals surface area contributed by atoms with Crippen molar-refractivity contribution in [3.63, 3.8) is 0 Å². The van der Waals surface area contributed by atoms with Crippen LogP contribution in [-0.2, 0) is 6.42 Å². The fraction of sp³-hybridized carbons (Fsp3) is 0.375. The van der Waals surface area contributed by atoms with E-state index in [2.05, 4.69) is 10.3 Å². The fourth-order valence-electron chi connectivity index (χ4n) is 2.18. The van der Waals surface area contributed by atoms with Crippen LogP contribution in [0.4, 0.5) is 5.82 Å². The SMILES string of the molecule is COc1ccccc1CCNc1nccn(C(C)C)c1=O. The largest absolute Gasteiger partial charge is 0.496 e. The van der Waals surface area contributed by atoms with E-state index < -0.39 is 0 Å². The van der Waals surface area contributed by atoms with E-state index in [-0.39, 0.29) is 11.6 Å². The molecular formula is C16H21N3O2. The van der Waals surface area contributed by atoms with Crippen molar-refractivity contribution < 1.29 is 4.74 Å². The first kappa shape index (κ1) is 15.1. The van der Waals surface area contributed by atoms with Gasteiger partial charge in [-0.1, -0.05) is 18.2 Å². The Kier molecular flexibility index (Phi) is 4.98. The van der Waals surface area contributed by atoms with Gasteiger partial charge in [0.1, 0.15) is 5.75 Å². The molecule has 0 aliphatic carbocycles. The summed E-state index contributed by atoms with van der Waals surface area (Å²) < 4.78 is 6.98. The predicted molar refractivity (Wildman–Crippen MR) is 84.1 cm³/mol. The summed E-state index contributed by atoms with van der Waals surface area (Å²) >= 11 is 0. The van der Waals surface area contributed by atoms with Gasteiger partial charge < -0.3 is 14.6 Å².